The minimum atomic E-state index is -1.13. The molecule has 0 aromatic heterocycles. The summed E-state index contributed by atoms with van der Waals surface area (Å²) in [6.45, 7) is 4.65. The molecule has 2 aromatic rings. The van der Waals surface area contributed by atoms with E-state index in [1.54, 1.807) is 6.92 Å². The number of hydrogen-bond acceptors (Lipinski definition) is 6. The van der Waals surface area contributed by atoms with E-state index in [1.807, 2.05) is 37.3 Å². The first-order valence-electron chi connectivity index (χ1n) is 10.8. The molecule has 4 rings (SSSR count). The number of benzene rings is 2. The molecule has 31 heavy (non-hydrogen) atoms. The minimum Gasteiger partial charge on any atom is -0.494 e. The van der Waals surface area contributed by atoms with E-state index in [2.05, 4.69) is 0 Å². The van der Waals surface area contributed by atoms with Crippen LogP contribution in [0.25, 0.3) is 0 Å². The highest BCUT2D eigenvalue weighted by atomic mass is 35.5. The van der Waals surface area contributed by atoms with Gasteiger partial charge in [0.1, 0.15) is 23.7 Å². The molecule has 168 valence electrons. The van der Waals surface area contributed by atoms with Gasteiger partial charge >= 0.3 is 0 Å². The Kier molecular flexibility index (Phi) is 6.74. The van der Waals surface area contributed by atoms with E-state index < -0.39 is 30.5 Å². The van der Waals surface area contributed by atoms with Gasteiger partial charge in [0.25, 0.3) is 0 Å². The normalized spacial score (nSPS) is 26.3. The zero-order chi connectivity index (χ0) is 22.1. The Morgan fingerprint density at radius 3 is 2.65 bits per heavy atom. The number of aliphatic hydroxyl groups is 3. The number of halogens is 1. The lowest BCUT2D eigenvalue weighted by Gasteiger charge is -2.39. The Morgan fingerprint density at radius 2 is 1.97 bits per heavy atom. The molecule has 2 aliphatic rings. The van der Waals surface area contributed by atoms with Gasteiger partial charge in [-0.15, -0.1) is 0 Å². The number of ether oxygens (including phenoxy) is 3. The second-order valence-corrected chi connectivity index (χ2v) is 8.60. The van der Waals surface area contributed by atoms with Crippen molar-refractivity contribution < 1.29 is 29.5 Å². The van der Waals surface area contributed by atoms with Crippen molar-refractivity contribution in [2.45, 2.75) is 63.6 Å². The molecule has 0 radical (unpaired) electrons. The highest BCUT2D eigenvalue weighted by Gasteiger charge is 2.41. The minimum absolute atomic E-state index is 0.237. The van der Waals surface area contributed by atoms with Gasteiger partial charge < -0.3 is 29.5 Å². The smallest absolute Gasteiger partial charge is 0.141 e. The SMILES string of the molecule is CCOc1ccc(Cc2cc(C3CC(O)[C@H](O)C(C(C)O)O3)c3c(c2Cl)OCC3)cc1. The highest BCUT2D eigenvalue weighted by molar-refractivity contribution is 6.33. The Hall–Kier alpha value is -1.83. The average molecular weight is 449 g/mol. The van der Waals surface area contributed by atoms with Crippen molar-refractivity contribution in [2.75, 3.05) is 13.2 Å². The Balaban J connectivity index is 1.67. The van der Waals surface area contributed by atoms with Crippen molar-refractivity contribution in [3.8, 4) is 11.5 Å². The summed E-state index contributed by atoms with van der Waals surface area (Å²) < 4.78 is 17.4. The molecule has 5 atom stereocenters. The van der Waals surface area contributed by atoms with E-state index in [1.165, 1.54) is 0 Å². The fourth-order valence-electron chi connectivity index (χ4n) is 4.42. The van der Waals surface area contributed by atoms with Crippen LogP contribution in [0.5, 0.6) is 11.5 Å². The maximum Gasteiger partial charge on any atom is 0.141 e. The molecule has 1 saturated heterocycles. The van der Waals surface area contributed by atoms with E-state index in [9.17, 15) is 15.3 Å². The second-order valence-electron chi connectivity index (χ2n) is 8.22. The summed E-state index contributed by atoms with van der Waals surface area (Å²) in [4.78, 5) is 0. The summed E-state index contributed by atoms with van der Waals surface area (Å²) in [5.41, 5.74) is 3.85. The van der Waals surface area contributed by atoms with Crippen LogP contribution < -0.4 is 9.47 Å². The molecule has 0 bridgehead atoms. The number of hydrogen-bond donors (Lipinski definition) is 3. The molecule has 0 aliphatic carbocycles. The molecule has 1 fully saturated rings. The number of fused-ring (bicyclic) bond motifs is 1. The summed E-state index contributed by atoms with van der Waals surface area (Å²) in [5.74, 6) is 1.49. The molecule has 0 spiro atoms. The van der Waals surface area contributed by atoms with Crippen LogP contribution in [0.2, 0.25) is 5.02 Å². The molecular formula is C24H29ClO6. The van der Waals surface area contributed by atoms with Gasteiger partial charge in [-0.05, 0) is 49.1 Å². The van der Waals surface area contributed by atoms with Gasteiger partial charge in [-0.25, -0.2) is 0 Å². The van der Waals surface area contributed by atoms with Crippen molar-refractivity contribution in [1.29, 1.82) is 0 Å². The predicted octanol–water partition coefficient (Wildman–Crippen LogP) is 3.20. The van der Waals surface area contributed by atoms with E-state index in [4.69, 9.17) is 25.8 Å². The van der Waals surface area contributed by atoms with Gasteiger partial charge in [0.15, 0.2) is 0 Å². The zero-order valence-electron chi connectivity index (χ0n) is 17.8. The van der Waals surface area contributed by atoms with Crippen LogP contribution in [0.4, 0.5) is 0 Å². The van der Waals surface area contributed by atoms with Crippen molar-refractivity contribution in [3.05, 3.63) is 57.6 Å². The lowest BCUT2D eigenvalue weighted by atomic mass is 9.88. The van der Waals surface area contributed by atoms with Crippen LogP contribution in [0, 0.1) is 0 Å². The van der Waals surface area contributed by atoms with Crippen LogP contribution in [-0.2, 0) is 17.6 Å². The molecule has 2 heterocycles. The van der Waals surface area contributed by atoms with Crippen molar-refractivity contribution in [2.24, 2.45) is 0 Å². The Labute approximate surface area is 187 Å². The molecule has 2 aromatic carbocycles. The second kappa shape index (κ2) is 9.35. The van der Waals surface area contributed by atoms with Crippen LogP contribution >= 0.6 is 11.6 Å². The molecule has 7 heteroatoms. The molecule has 0 saturated carbocycles. The Bertz CT molecular complexity index is 913. The first kappa shape index (κ1) is 22.4. The maximum atomic E-state index is 10.4. The standard InChI is InChI=1S/C24H29ClO6/c1-3-29-16-6-4-14(5-7-16)10-15-11-18(17-8-9-30-24(17)21(15)25)20-12-19(27)22(28)23(31-20)13(2)26/h4-7,11,13,19-20,22-23,26-28H,3,8-10,12H2,1-2H3/t13?,19?,20?,22-,23?/m0/s1. The van der Waals surface area contributed by atoms with Crippen molar-refractivity contribution >= 4 is 11.6 Å². The maximum absolute atomic E-state index is 10.4. The number of aliphatic hydroxyl groups excluding tert-OH is 3. The monoisotopic (exact) mass is 448 g/mol. The van der Waals surface area contributed by atoms with E-state index in [0.29, 0.717) is 36.8 Å². The molecule has 2 aliphatic heterocycles. The third kappa shape index (κ3) is 4.54. The molecule has 3 N–H and O–H groups in total. The Morgan fingerprint density at radius 1 is 1.23 bits per heavy atom. The summed E-state index contributed by atoms with van der Waals surface area (Å²) in [7, 11) is 0. The summed E-state index contributed by atoms with van der Waals surface area (Å²) in [6, 6.07) is 9.91. The van der Waals surface area contributed by atoms with Crippen LogP contribution in [0.1, 0.15) is 48.6 Å². The van der Waals surface area contributed by atoms with Gasteiger partial charge in [-0.3, -0.25) is 0 Å². The van der Waals surface area contributed by atoms with Crippen LogP contribution in [-0.4, -0.2) is 52.9 Å². The molecule has 4 unspecified atom stereocenters. The lowest BCUT2D eigenvalue weighted by Crippen LogP contribution is -2.50. The summed E-state index contributed by atoms with van der Waals surface area (Å²) >= 11 is 6.71. The zero-order valence-corrected chi connectivity index (χ0v) is 18.5. The van der Waals surface area contributed by atoms with Crippen molar-refractivity contribution in [3.63, 3.8) is 0 Å². The first-order valence-corrected chi connectivity index (χ1v) is 11.1. The molecule has 0 amide bonds. The van der Waals surface area contributed by atoms with E-state index in [0.717, 1.165) is 28.0 Å². The van der Waals surface area contributed by atoms with Crippen LogP contribution in [0.15, 0.2) is 30.3 Å². The first-order chi connectivity index (χ1) is 14.9. The fraction of sp³-hybridized carbons (Fsp3) is 0.500. The molecule has 6 nitrogen and oxygen atoms in total. The highest BCUT2D eigenvalue weighted by Crippen LogP contribution is 2.44. The third-order valence-electron chi connectivity index (χ3n) is 5.99. The van der Waals surface area contributed by atoms with Gasteiger partial charge in [0, 0.05) is 18.4 Å². The fourth-order valence-corrected chi connectivity index (χ4v) is 4.71. The molecular weight excluding hydrogens is 420 g/mol. The van der Waals surface area contributed by atoms with Gasteiger partial charge in [-0.2, -0.15) is 0 Å². The van der Waals surface area contributed by atoms with E-state index in [-0.39, 0.29) is 6.42 Å². The predicted molar refractivity (Wildman–Crippen MR) is 117 cm³/mol. The van der Waals surface area contributed by atoms with Gasteiger partial charge in [-0.1, -0.05) is 29.8 Å². The third-order valence-corrected chi connectivity index (χ3v) is 6.41. The van der Waals surface area contributed by atoms with Crippen molar-refractivity contribution in [1.82, 2.24) is 0 Å². The van der Waals surface area contributed by atoms with Crippen LogP contribution in [0.3, 0.4) is 0 Å². The largest absolute Gasteiger partial charge is 0.494 e. The summed E-state index contributed by atoms with van der Waals surface area (Å²) in [6.07, 6.45) is -2.81. The van der Waals surface area contributed by atoms with Gasteiger partial charge in [0.05, 0.1) is 36.5 Å². The quantitative estimate of drug-likeness (QED) is 0.629. The topological polar surface area (TPSA) is 88.4 Å². The lowest BCUT2D eigenvalue weighted by molar-refractivity contribution is -0.198. The average Bonchev–Trinajstić information content (AvgIpc) is 3.24. The summed E-state index contributed by atoms with van der Waals surface area (Å²) in [5, 5.41) is 31.2. The number of rotatable bonds is 6. The van der Waals surface area contributed by atoms with E-state index >= 15 is 0 Å². The van der Waals surface area contributed by atoms with Gasteiger partial charge in [0.2, 0.25) is 0 Å².